The van der Waals surface area contributed by atoms with Gasteiger partial charge in [-0.25, -0.2) is 0 Å². The van der Waals surface area contributed by atoms with E-state index in [1.54, 1.807) is 12.1 Å². The molecule has 0 atom stereocenters. The lowest BCUT2D eigenvalue weighted by Gasteiger charge is -2.08. The van der Waals surface area contributed by atoms with Crippen LogP contribution in [0.2, 0.25) is 0 Å². The molecule has 2 rings (SSSR count). The largest absolute Gasteiger partial charge is 0.493 e. The molecular formula is C13H11O2. The average molecular weight is 199 g/mol. The molecular weight excluding hydrogens is 188 g/mol. The Morgan fingerprint density at radius 2 is 1.87 bits per heavy atom. The van der Waals surface area contributed by atoms with Crippen molar-refractivity contribution in [3.8, 4) is 5.75 Å². The van der Waals surface area contributed by atoms with Crippen LogP contribution in [0.15, 0.2) is 36.4 Å². The Balaban J connectivity index is 2.71. The van der Waals surface area contributed by atoms with Gasteiger partial charge < -0.3 is 4.74 Å². The fourth-order valence-electron chi connectivity index (χ4n) is 1.63. The van der Waals surface area contributed by atoms with E-state index in [2.05, 4.69) is 6.92 Å². The van der Waals surface area contributed by atoms with E-state index in [1.807, 2.05) is 24.3 Å². The highest BCUT2D eigenvalue weighted by Crippen LogP contribution is 2.27. The molecule has 0 aliphatic rings. The predicted octanol–water partition coefficient (Wildman–Crippen LogP) is 2.87. The molecule has 0 heterocycles. The third kappa shape index (κ3) is 1.71. The zero-order chi connectivity index (χ0) is 10.7. The Hall–Kier alpha value is -1.83. The molecule has 0 aromatic heterocycles. The van der Waals surface area contributed by atoms with Gasteiger partial charge in [0, 0.05) is 10.9 Å². The summed E-state index contributed by atoms with van der Waals surface area (Å²) in [5, 5.41) is 1.87. The SMILES string of the molecule is [CH2]COc1ccc(C=O)c2ccccc12. The molecule has 75 valence electrons. The van der Waals surface area contributed by atoms with E-state index in [-0.39, 0.29) is 0 Å². The van der Waals surface area contributed by atoms with E-state index in [4.69, 9.17) is 4.74 Å². The van der Waals surface area contributed by atoms with Crippen LogP contribution in [-0.2, 0) is 0 Å². The van der Waals surface area contributed by atoms with Crippen molar-refractivity contribution >= 4 is 17.1 Å². The average Bonchev–Trinajstić information content (AvgIpc) is 2.30. The van der Waals surface area contributed by atoms with Crippen LogP contribution in [0.5, 0.6) is 5.75 Å². The minimum absolute atomic E-state index is 0.379. The molecule has 1 radical (unpaired) electrons. The second kappa shape index (κ2) is 4.13. The van der Waals surface area contributed by atoms with Crippen LogP contribution in [0.25, 0.3) is 10.8 Å². The maximum Gasteiger partial charge on any atom is 0.150 e. The van der Waals surface area contributed by atoms with Gasteiger partial charge in [-0.05, 0) is 24.4 Å². The first-order valence-corrected chi connectivity index (χ1v) is 4.76. The maximum absolute atomic E-state index is 10.8. The minimum Gasteiger partial charge on any atom is -0.493 e. The summed E-state index contributed by atoms with van der Waals surface area (Å²) >= 11 is 0. The quantitative estimate of drug-likeness (QED) is 0.710. The number of hydrogen-bond acceptors (Lipinski definition) is 2. The van der Waals surface area contributed by atoms with Crippen molar-refractivity contribution in [1.29, 1.82) is 0 Å². The zero-order valence-electron chi connectivity index (χ0n) is 8.27. The summed E-state index contributed by atoms with van der Waals surface area (Å²) < 4.78 is 5.39. The summed E-state index contributed by atoms with van der Waals surface area (Å²) in [5.74, 6) is 0.770. The molecule has 0 fully saturated rings. The van der Waals surface area contributed by atoms with Crippen molar-refractivity contribution in [2.75, 3.05) is 6.61 Å². The Morgan fingerprint density at radius 3 is 2.53 bits per heavy atom. The summed E-state index contributed by atoms with van der Waals surface area (Å²) in [5.41, 5.74) is 0.682. The van der Waals surface area contributed by atoms with E-state index >= 15 is 0 Å². The van der Waals surface area contributed by atoms with Gasteiger partial charge in [-0.1, -0.05) is 24.3 Å². The van der Waals surface area contributed by atoms with E-state index in [0.717, 1.165) is 22.8 Å². The molecule has 15 heavy (non-hydrogen) atoms. The molecule has 0 spiro atoms. The number of aldehydes is 1. The number of carbonyl (C=O) groups excluding carboxylic acids is 1. The number of ether oxygens (including phenoxy) is 1. The Labute approximate surface area is 88.5 Å². The number of fused-ring (bicyclic) bond motifs is 1. The molecule has 0 unspecified atom stereocenters. The third-order valence-electron chi connectivity index (χ3n) is 2.30. The summed E-state index contributed by atoms with van der Waals surface area (Å²) in [6.07, 6.45) is 0.857. The van der Waals surface area contributed by atoms with E-state index in [1.165, 1.54) is 0 Å². The van der Waals surface area contributed by atoms with Gasteiger partial charge >= 0.3 is 0 Å². The first-order valence-electron chi connectivity index (χ1n) is 4.76. The van der Waals surface area contributed by atoms with Crippen LogP contribution in [-0.4, -0.2) is 12.9 Å². The van der Waals surface area contributed by atoms with Gasteiger partial charge in [-0.2, -0.15) is 0 Å². The Bertz CT molecular complexity index is 489. The van der Waals surface area contributed by atoms with Crippen LogP contribution in [0.4, 0.5) is 0 Å². The van der Waals surface area contributed by atoms with E-state index in [9.17, 15) is 4.79 Å². The fraction of sp³-hybridized carbons (Fsp3) is 0.0769. The summed E-state index contributed by atoms with van der Waals surface area (Å²) in [7, 11) is 0. The number of benzene rings is 2. The number of hydrogen-bond donors (Lipinski definition) is 0. The lowest BCUT2D eigenvalue weighted by Crippen LogP contribution is -1.94. The molecule has 0 bridgehead atoms. The van der Waals surface area contributed by atoms with Crippen LogP contribution in [0, 0.1) is 6.92 Å². The highest BCUT2D eigenvalue weighted by molar-refractivity contribution is 6.00. The van der Waals surface area contributed by atoms with Crippen molar-refractivity contribution in [1.82, 2.24) is 0 Å². The molecule has 2 nitrogen and oxygen atoms in total. The van der Waals surface area contributed by atoms with Gasteiger partial charge in [0.05, 0.1) is 6.61 Å². The van der Waals surface area contributed by atoms with Crippen LogP contribution in [0.1, 0.15) is 10.4 Å². The molecule has 0 saturated carbocycles. The van der Waals surface area contributed by atoms with Crippen molar-refractivity contribution < 1.29 is 9.53 Å². The van der Waals surface area contributed by atoms with Crippen LogP contribution in [0.3, 0.4) is 0 Å². The Morgan fingerprint density at radius 1 is 1.13 bits per heavy atom. The highest BCUT2D eigenvalue weighted by Gasteiger charge is 2.04. The normalized spacial score (nSPS) is 10.2. The van der Waals surface area contributed by atoms with Crippen molar-refractivity contribution in [2.45, 2.75) is 0 Å². The van der Waals surface area contributed by atoms with Gasteiger partial charge in [0.2, 0.25) is 0 Å². The molecule has 0 aliphatic heterocycles. The second-order valence-corrected chi connectivity index (χ2v) is 3.16. The van der Waals surface area contributed by atoms with Crippen molar-refractivity contribution in [3.63, 3.8) is 0 Å². The minimum atomic E-state index is 0.379. The predicted molar refractivity (Wildman–Crippen MR) is 60.2 cm³/mol. The number of rotatable bonds is 3. The van der Waals surface area contributed by atoms with E-state index < -0.39 is 0 Å². The van der Waals surface area contributed by atoms with Gasteiger partial charge in [0.1, 0.15) is 5.75 Å². The summed E-state index contributed by atoms with van der Waals surface area (Å²) in [6.45, 7) is 4.02. The van der Waals surface area contributed by atoms with Gasteiger partial charge in [-0.3, -0.25) is 4.79 Å². The molecule has 2 aromatic rings. The monoisotopic (exact) mass is 199 g/mol. The smallest absolute Gasteiger partial charge is 0.150 e. The lowest BCUT2D eigenvalue weighted by molar-refractivity contribution is 0.112. The van der Waals surface area contributed by atoms with Crippen LogP contribution >= 0.6 is 0 Å². The summed E-state index contributed by atoms with van der Waals surface area (Å²) in [6, 6.07) is 11.2. The summed E-state index contributed by atoms with van der Waals surface area (Å²) in [4.78, 5) is 10.8. The van der Waals surface area contributed by atoms with Gasteiger partial charge in [-0.15, -0.1) is 0 Å². The third-order valence-corrected chi connectivity index (χ3v) is 2.30. The highest BCUT2D eigenvalue weighted by atomic mass is 16.5. The first kappa shape index (κ1) is 9.71. The van der Waals surface area contributed by atoms with Crippen LogP contribution < -0.4 is 4.74 Å². The van der Waals surface area contributed by atoms with Gasteiger partial charge in [0.15, 0.2) is 6.29 Å². The van der Waals surface area contributed by atoms with E-state index in [0.29, 0.717) is 12.2 Å². The molecule has 2 aromatic carbocycles. The second-order valence-electron chi connectivity index (χ2n) is 3.16. The molecule has 0 amide bonds. The maximum atomic E-state index is 10.8. The lowest BCUT2D eigenvalue weighted by atomic mass is 10.0. The van der Waals surface area contributed by atoms with Crippen molar-refractivity contribution in [2.24, 2.45) is 0 Å². The molecule has 2 heteroatoms. The standard InChI is InChI=1S/C13H11O2/c1-2-15-13-8-7-10(9-14)11-5-3-4-6-12(11)13/h3-9H,1-2H2. The fourth-order valence-corrected chi connectivity index (χ4v) is 1.63. The first-order chi connectivity index (χ1) is 7.36. The zero-order valence-corrected chi connectivity index (χ0v) is 8.27. The number of carbonyl (C=O) groups is 1. The van der Waals surface area contributed by atoms with Gasteiger partial charge in [0.25, 0.3) is 0 Å². The molecule has 0 saturated heterocycles. The molecule has 0 aliphatic carbocycles. The van der Waals surface area contributed by atoms with Crippen molar-refractivity contribution in [3.05, 3.63) is 48.9 Å². The molecule has 0 N–H and O–H groups in total. The topological polar surface area (TPSA) is 26.3 Å². The Kier molecular flexibility index (Phi) is 2.68.